The lowest BCUT2D eigenvalue weighted by atomic mass is 9.96. The summed E-state index contributed by atoms with van der Waals surface area (Å²) in [5.74, 6) is -0.278. The van der Waals surface area contributed by atoms with Crippen LogP contribution < -0.4 is 5.32 Å². The van der Waals surface area contributed by atoms with Gasteiger partial charge in [0.25, 0.3) is 0 Å². The molecule has 0 aromatic carbocycles. The fourth-order valence-corrected chi connectivity index (χ4v) is 12.0. The molecule has 94 heavy (non-hydrogen) atoms. The number of hydrogen-bond acceptors (Lipinski definition) is 18. The normalized spacial score (nSPS) is 27.9. The molecule has 3 rings (SSSR count). The fourth-order valence-electron chi connectivity index (χ4n) is 12.0. The summed E-state index contributed by atoms with van der Waals surface area (Å²) in [5.41, 5.74) is 0. The Hall–Kier alpha value is -3.03. The van der Waals surface area contributed by atoms with Crippen LogP contribution in [-0.2, 0) is 33.2 Å². The second kappa shape index (κ2) is 55.8. The van der Waals surface area contributed by atoms with Gasteiger partial charge in [0, 0.05) is 6.42 Å². The van der Waals surface area contributed by atoms with E-state index in [0.29, 0.717) is 6.42 Å². The topological polar surface area (TPSA) is 307 Å². The van der Waals surface area contributed by atoms with Crippen molar-refractivity contribution in [1.29, 1.82) is 0 Å². The molecule has 544 valence electrons. The number of rotatable bonds is 56. The smallest absolute Gasteiger partial charge is 0.220 e. The lowest BCUT2D eigenvalue weighted by Crippen LogP contribution is -2.66. The molecule has 17 atom stereocenters. The van der Waals surface area contributed by atoms with E-state index in [0.717, 1.165) is 89.9 Å². The van der Waals surface area contributed by atoms with E-state index in [2.05, 4.69) is 92.1 Å². The van der Waals surface area contributed by atoms with E-state index in [9.17, 15) is 61.0 Å². The number of aliphatic hydroxyl groups excluding tert-OH is 11. The van der Waals surface area contributed by atoms with Gasteiger partial charge in [-0.25, -0.2) is 0 Å². The van der Waals surface area contributed by atoms with Gasteiger partial charge in [0.1, 0.15) is 73.2 Å². The quantitative estimate of drug-likeness (QED) is 0.0199. The Morgan fingerprint density at radius 3 is 1.15 bits per heavy atom. The second-order valence-electron chi connectivity index (χ2n) is 26.0. The maximum absolute atomic E-state index is 13.4. The molecule has 3 heterocycles. The molecule has 3 aliphatic heterocycles. The Morgan fingerprint density at radius 2 is 0.734 bits per heavy atom. The number of hydrogen-bond donors (Lipinski definition) is 12. The standard InChI is InChI=1S/C75H131NO18/c1-3-5-7-9-11-13-15-17-19-21-22-23-24-25-26-27-28-29-30-31-32-33-34-35-36-37-39-41-43-45-47-49-51-53-63(81)76-58(59(80)52-50-48-46-44-42-40-38-20-18-16-14-12-10-8-6-4-2)57-89-73-69(87)66(84)71(61(55-78)91-73)94-75-70(88)67(85)72(62(56-79)92-75)93-74-68(86)65(83)64(82)60(54-77)90-74/h5,7,11,13,17,19,22-23,25-26,28-29,50,52,58-62,64-75,77-80,82-88H,3-4,6,8-10,12,14-16,18,20-21,24,27,30-49,51,53-57H2,1-2H3,(H,76,81)/b7-5-,13-11-,19-17-,23-22-,26-25-,29-28-,52-50+. The van der Waals surface area contributed by atoms with Gasteiger partial charge in [0.2, 0.25) is 5.91 Å². The molecule has 3 fully saturated rings. The number of amides is 1. The number of carbonyl (C=O) groups excluding carboxylic acids is 1. The lowest BCUT2D eigenvalue weighted by Gasteiger charge is -2.48. The summed E-state index contributed by atoms with van der Waals surface area (Å²) in [5, 5.41) is 121. The van der Waals surface area contributed by atoms with Crippen LogP contribution in [0.4, 0.5) is 0 Å². The van der Waals surface area contributed by atoms with Crippen molar-refractivity contribution in [3.63, 3.8) is 0 Å². The second-order valence-corrected chi connectivity index (χ2v) is 26.0. The van der Waals surface area contributed by atoms with Crippen molar-refractivity contribution in [3.05, 3.63) is 85.1 Å². The fraction of sp³-hybridized carbons (Fsp3) is 0.800. The van der Waals surface area contributed by atoms with Crippen LogP contribution in [-0.4, -0.2) is 193 Å². The first-order valence-corrected chi connectivity index (χ1v) is 36.8. The van der Waals surface area contributed by atoms with Gasteiger partial charge in [-0.1, -0.05) is 259 Å². The zero-order valence-corrected chi connectivity index (χ0v) is 57.7. The van der Waals surface area contributed by atoms with Gasteiger partial charge in [-0.05, 0) is 70.6 Å². The molecule has 0 saturated carbocycles. The molecule has 19 nitrogen and oxygen atoms in total. The molecule has 0 aliphatic carbocycles. The summed E-state index contributed by atoms with van der Waals surface area (Å²) in [4.78, 5) is 13.4. The molecule has 0 radical (unpaired) electrons. The van der Waals surface area contributed by atoms with Crippen LogP contribution in [0.3, 0.4) is 0 Å². The summed E-state index contributed by atoms with van der Waals surface area (Å²) in [6.07, 6.45) is 45.6. The largest absolute Gasteiger partial charge is 0.394 e. The van der Waals surface area contributed by atoms with Gasteiger partial charge in [0.05, 0.1) is 38.6 Å². The predicted molar refractivity (Wildman–Crippen MR) is 369 cm³/mol. The molecule has 17 unspecified atom stereocenters. The van der Waals surface area contributed by atoms with E-state index < -0.39 is 124 Å². The van der Waals surface area contributed by atoms with E-state index in [1.807, 2.05) is 6.08 Å². The highest BCUT2D eigenvalue weighted by atomic mass is 16.8. The summed E-state index contributed by atoms with van der Waals surface area (Å²) in [6, 6.07) is -0.977. The van der Waals surface area contributed by atoms with Crippen molar-refractivity contribution in [1.82, 2.24) is 5.32 Å². The van der Waals surface area contributed by atoms with Crippen molar-refractivity contribution in [3.8, 4) is 0 Å². The van der Waals surface area contributed by atoms with Crippen LogP contribution in [0, 0.1) is 0 Å². The lowest BCUT2D eigenvalue weighted by molar-refractivity contribution is -0.379. The first-order valence-electron chi connectivity index (χ1n) is 36.8. The summed E-state index contributed by atoms with van der Waals surface area (Å²) < 4.78 is 34.4. The Labute approximate surface area is 565 Å². The zero-order valence-electron chi connectivity index (χ0n) is 57.7. The van der Waals surface area contributed by atoms with Crippen molar-refractivity contribution in [2.24, 2.45) is 0 Å². The maximum atomic E-state index is 13.4. The molecular weight excluding hydrogens is 1200 g/mol. The van der Waals surface area contributed by atoms with Crippen molar-refractivity contribution in [2.75, 3.05) is 26.4 Å². The number of allylic oxidation sites excluding steroid dienone is 13. The monoisotopic (exact) mass is 1330 g/mol. The van der Waals surface area contributed by atoms with Gasteiger partial charge in [-0.2, -0.15) is 0 Å². The molecule has 3 aliphatic rings. The number of aliphatic hydroxyl groups is 11. The van der Waals surface area contributed by atoms with Crippen molar-refractivity contribution in [2.45, 2.75) is 356 Å². The van der Waals surface area contributed by atoms with E-state index >= 15 is 0 Å². The van der Waals surface area contributed by atoms with Crippen LogP contribution in [0.5, 0.6) is 0 Å². The van der Waals surface area contributed by atoms with Gasteiger partial charge >= 0.3 is 0 Å². The van der Waals surface area contributed by atoms with E-state index in [4.69, 9.17) is 28.4 Å². The van der Waals surface area contributed by atoms with E-state index in [1.165, 1.54) is 135 Å². The minimum absolute atomic E-state index is 0.239. The summed E-state index contributed by atoms with van der Waals surface area (Å²) in [6.45, 7) is 1.62. The third kappa shape index (κ3) is 36.7. The molecule has 0 bridgehead atoms. The maximum Gasteiger partial charge on any atom is 0.220 e. The summed E-state index contributed by atoms with van der Waals surface area (Å²) >= 11 is 0. The first-order chi connectivity index (χ1) is 45.8. The molecule has 1 amide bonds. The Bertz CT molecular complexity index is 2030. The third-order valence-electron chi connectivity index (χ3n) is 17.9. The molecule has 0 spiro atoms. The van der Waals surface area contributed by atoms with E-state index in [-0.39, 0.29) is 18.9 Å². The highest BCUT2D eigenvalue weighted by Gasteiger charge is 2.53. The number of carbonyl (C=O) groups is 1. The van der Waals surface area contributed by atoms with Gasteiger partial charge in [-0.3, -0.25) is 4.79 Å². The minimum Gasteiger partial charge on any atom is -0.394 e. The average Bonchev–Trinajstić information content (AvgIpc) is 0.787. The van der Waals surface area contributed by atoms with Crippen molar-refractivity contribution >= 4 is 5.91 Å². The van der Waals surface area contributed by atoms with Crippen LogP contribution in [0.2, 0.25) is 0 Å². The Kier molecular flexibility index (Phi) is 50.6. The number of ether oxygens (including phenoxy) is 6. The predicted octanol–water partition coefficient (Wildman–Crippen LogP) is 10.7. The minimum atomic E-state index is -1.98. The number of nitrogens with one attached hydrogen (secondary N) is 1. The molecule has 3 saturated heterocycles. The SMILES string of the molecule is CC/C=C\C/C=C\C/C=C\C/C=C\C/C=C\C/C=C\CCCCCCCCCCCCCCCCC(=O)NC(COC1OC(CO)C(OC2OC(CO)C(OC3OC(CO)C(O)C(O)C3O)C(O)C2O)C(O)C1O)C(O)/C=C/CCCCCCCCCCCCCCCC. The average molecular weight is 1330 g/mol. The van der Waals surface area contributed by atoms with Gasteiger partial charge in [0.15, 0.2) is 18.9 Å². The molecule has 0 aromatic heterocycles. The van der Waals surface area contributed by atoms with Crippen LogP contribution in [0.1, 0.15) is 251 Å². The van der Waals surface area contributed by atoms with Crippen molar-refractivity contribution < 1.29 is 89.4 Å². The number of unbranched alkanes of at least 4 members (excludes halogenated alkanes) is 28. The highest BCUT2D eigenvalue weighted by Crippen LogP contribution is 2.33. The molecule has 12 N–H and O–H groups in total. The Balaban J connectivity index is 1.37. The molecule has 0 aromatic rings. The molecular formula is C75H131NO18. The third-order valence-corrected chi connectivity index (χ3v) is 17.9. The Morgan fingerprint density at radius 1 is 0.394 bits per heavy atom. The van der Waals surface area contributed by atoms with Crippen LogP contribution >= 0.6 is 0 Å². The first kappa shape index (κ1) is 85.2. The molecule has 19 heteroatoms. The zero-order chi connectivity index (χ0) is 68.2. The summed E-state index contributed by atoms with van der Waals surface area (Å²) in [7, 11) is 0. The van der Waals surface area contributed by atoms with Gasteiger partial charge in [-0.15, -0.1) is 0 Å². The van der Waals surface area contributed by atoms with Gasteiger partial charge < -0.3 is 89.9 Å². The van der Waals surface area contributed by atoms with E-state index in [1.54, 1.807) is 6.08 Å². The highest BCUT2D eigenvalue weighted by molar-refractivity contribution is 5.76. The van der Waals surface area contributed by atoms with Crippen LogP contribution in [0.25, 0.3) is 0 Å². The van der Waals surface area contributed by atoms with Crippen LogP contribution in [0.15, 0.2) is 85.1 Å².